The molecule has 0 bridgehead atoms. The topological polar surface area (TPSA) is 8.17 Å². The van der Waals surface area contributed by atoms with Gasteiger partial charge in [-0.2, -0.15) is 0 Å². The molecule has 68 heavy (non-hydrogen) atoms. The van der Waals surface area contributed by atoms with E-state index in [0.29, 0.717) is 0 Å². The van der Waals surface area contributed by atoms with E-state index in [-0.39, 0.29) is 0 Å². The third-order valence-electron chi connectivity index (χ3n) is 13.2. The van der Waals surface area contributed by atoms with E-state index >= 15 is 0 Å². The van der Waals surface area contributed by atoms with Gasteiger partial charge in [-0.15, -0.1) is 0 Å². The highest BCUT2D eigenvalue weighted by Gasteiger charge is 2.24. The van der Waals surface area contributed by atoms with E-state index in [1.54, 1.807) is 0 Å². The van der Waals surface area contributed by atoms with Crippen LogP contribution >= 0.6 is 0 Å². The van der Waals surface area contributed by atoms with Gasteiger partial charge < -0.3 is 9.47 Å². The van der Waals surface area contributed by atoms with Crippen molar-refractivity contribution in [3.8, 4) is 72.6 Å². The van der Waals surface area contributed by atoms with E-state index in [1.807, 2.05) is 0 Å². The number of hydrogen-bond acceptors (Lipinski definition) is 1. The van der Waals surface area contributed by atoms with Crippen LogP contribution in [0.2, 0.25) is 0 Å². The minimum atomic E-state index is 1.09. The number of benzene rings is 11. The summed E-state index contributed by atoms with van der Waals surface area (Å²) in [5.41, 5.74) is 19.9. The van der Waals surface area contributed by atoms with Crippen molar-refractivity contribution in [3.63, 3.8) is 0 Å². The van der Waals surface area contributed by atoms with Gasteiger partial charge in [0.1, 0.15) is 0 Å². The fourth-order valence-corrected chi connectivity index (χ4v) is 9.95. The van der Waals surface area contributed by atoms with Crippen LogP contribution in [0.5, 0.6) is 0 Å². The zero-order valence-electron chi connectivity index (χ0n) is 37.5. The Morgan fingerprint density at radius 3 is 1.06 bits per heavy atom. The highest BCUT2D eigenvalue weighted by Crippen LogP contribution is 2.47. The second-order valence-corrected chi connectivity index (χ2v) is 17.3. The molecular weight excluding hydrogens is 821 g/mol. The number of aromatic nitrogens is 1. The molecule has 320 valence electrons. The standard InChI is InChI=1S/C66H46N2/c1-6-17-47(18-7-1)50-29-37-56(38-30-50)67(57-39-31-51(32-40-57)48-19-8-2-9-20-48)58-43-35-53(36-44-58)60-27-16-28-62-61(60)45-46-63-64(54-23-12-4-13-24-54)65(55-25-14-5-15-26-55)68(66(62)63)59-41-33-52(34-42-59)49-21-10-3-11-22-49/h1-46H. The number of hydrogen-bond donors (Lipinski definition) is 0. The van der Waals surface area contributed by atoms with Gasteiger partial charge in [0.25, 0.3) is 0 Å². The zero-order valence-corrected chi connectivity index (χ0v) is 37.5. The molecule has 0 aliphatic heterocycles. The summed E-state index contributed by atoms with van der Waals surface area (Å²) in [5, 5.41) is 3.63. The summed E-state index contributed by atoms with van der Waals surface area (Å²) in [4.78, 5) is 2.35. The van der Waals surface area contributed by atoms with Crippen molar-refractivity contribution in [3.05, 3.63) is 279 Å². The molecule has 0 radical (unpaired) electrons. The molecule has 0 unspecified atom stereocenters. The van der Waals surface area contributed by atoms with Gasteiger partial charge in [-0.25, -0.2) is 0 Å². The van der Waals surface area contributed by atoms with Gasteiger partial charge in [0.15, 0.2) is 0 Å². The molecule has 12 aromatic rings. The highest BCUT2D eigenvalue weighted by atomic mass is 15.1. The van der Waals surface area contributed by atoms with Crippen LogP contribution in [0.4, 0.5) is 17.1 Å². The third-order valence-corrected chi connectivity index (χ3v) is 13.2. The first-order valence-corrected chi connectivity index (χ1v) is 23.3. The lowest BCUT2D eigenvalue weighted by molar-refractivity contribution is 1.14. The highest BCUT2D eigenvalue weighted by molar-refractivity contribution is 6.18. The first-order chi connectivity index (χ1) is 33.7. The molecule has 0 aliphatic rings. The lowest BCUT2D eigenvalue weighted by Gasteiger charge is -2.26. The molecule has 0 fully saturated rings. The summed E-state index contributed by atoms with van der Waals surface area (Å²) in [5.74, 6) is 0. The summed E-state index contributed by atoms with van der Waals surface area (Å²) in [6.45, 7) is 0. The molecule has 0 spiro atoms. The van der Waals surface area contributed by atoms with Crippen molar-refractivity contribution < 1.29 is 0 Å². The monoisotopic (exact) mass is 866 g/mol. The van der Waals surface area contributed by atoms with Crippen LogP contribution < -0.4 is 4.90 Å². The van der Waals surface area contributed by atoms with Gasteiger partial charge in [-0.05, 0) is 110 Å². The Labute approximate surface area is 397 Å². The number of fused-ring (bicyclic) bond motifs is 3. The third kappa shape index (κ3) is 7.54. The van der Waals surface area contributed by atoms with Gasteiger partial charge in [0.2, 0.25) is 0 Å². The summed E-state index contributed by atoms with van der Waals surface area (Å²) in [7, 11) is 0. The van der Waals surface area contributed by atoms with Gasteiger partial charge in [-0.3, -0.25) is 0 Å². The van der Waals surface area contributed by atoms with Crippen molar-refractivity contribution in [2.45, 2.75) is 0 Å². The first kappa shape index (κ1) is 40.5. The Balaban J connectivity index is 1.00. The van der Waals surface area contributed by atoms with Crippen LogP contribution in [0, 0.1) is 0 Å². The molecule has 0 amide bonds. The fraction of sp³-hybridized carbons (Fsp3) is 0. The van der Waals surface area contributed by atoms with Crippen LogP contribution in [-0.2, 0) is 0 Å². The molecule has 2 heteroatoms. The largest absolute Gasteiger partial charge is 0.311 e. The maximum Gasteiger partial charge on any atom is 0.0620 e. The molecule has 1 heterocycles. The van der Waals surface area contributed by atoms with Gasteiger partial charge in [-0.1, -0.05) is 231 Å². The van der Waals surface area contributed by atoms with E-state index in [1.165, 1.54) is 83.0 Å². The molecule has 11 aromatic carbocycles. The van der Waals surface area contributed by atoms with E-state index in [4.69, 9.17) is 0 Å². The van der Waals surface area contributed by atoms with Gasteiger partial charge >= 0.3 is 0 Å². The van der Waals surface area contributed by atoms with E-state index < -0.39 is 0 Å². The predicted octanol–water partition coefficient (Wildman–Crippen LogP) is 18.3. The molecule has 2 nitrogen and oxygen atoms in total. The van der Waals surface area contributed by atoms with E-state index in [0.717, 1.165) is 28.3 Å². The van der Waals surface area contributed by atoms with E-state index in [9.17, 15) is 0 Å². The second kappa shape index (κ2) is 17.8. The lowest BCUT2D eigenvalue weighted by atomic mass is 9.94. The molecule has 0 N–H and O–H groups in total. The van der Waals surface area contributed by atoms with Gasteiger partial charge in [0.05, 0.1) is 11.2 Å². The van der Waals surface area contributed by atoms with Crippen LogP contribution in [-0.4, -0.2) is 4.57 Å². The predicted molar refractivity (Wildman–Crippen MR) is 288 cm³/mol. The van der Waals surface area contributed by atoms with Crippen LogP contribution in [0.15, 0.2) is 279 Å². The van der Waals surface area contributed by atoms with Crippen LogP contribution in [0.3, 0.4) is 0 Å². The van der Waals surface area contributed by atoms with Crippen molar-refractivity contribution in [2.24, 2.45) is 0 Å². The summed E-state index contributed by atoms with van der Waals surface area (Å²) in [6, 6.07) is 101. The SMILES string of the molecule is c1ccc(-c2ccc(N(c3ccc(-c4ccccc4)cc3)c3ccc(-c4cccc5c4ccc4c(-c6ccccc6)c(-c6ccccc6)n(-c6ccc(-c7ccccc7)cc6)c45)cc3)cc2)cc1. The molecule has 0 aliphatic carbocycles. The normalized spacial score (nSPS) is 11.2. The Morgan fingerprint density at radius 2 is 0.603 bits per heavy atom. The summed E-state index contributed by atoms with van der Waals surface area (Å²) < 4.78 is 2.50. The van der Waals surface area contributed by atoms with Gasteiger partial charge in [0, 0.05) is 39.1 Å². The minimum absolute atomic E-state index is 1.09. The molecule has 0 saturated heterocycles. The Bertz CT molecular complexity index is 3560. The first-order valence-electron chi connectivity index (χ1n) is 23.3. The average Bonchev–Trinajstić information content (AvgIpc) is 3.79. The van der Waals surface area contributed by atoms with Crippen molar-refractivity contribution in [1.82, 2.24) is 4.57 Å². The maximum atomic E-state index is 2.50. The average molecular weight is 867 g/mol. The van der Waals surface area contributed by atoms with Crippen LogP contribution in [0.25, 0.3) is 94.3 Å². The smallest absolute Gasteiger partial charge is 0.0620 e. The van der Waals surface area contributed by atoms with Crippen molar-refractivity contribution in [1.29, 1.82) is 0 Å². The minimum Gasteiger partial charge on any atom is -0.311 e. The quantitative estimate of drug-likeness (QED) is 0.133. The van der Waals surface area contributed by atoms with Crippen molar-refractivity contribution in [2.75, 3.05) is 4.90 Å². The summed E-state index contributed by atoms with van der Waals surface area (Å²) >= 11 is 0. The zero-order chi connectivity index (χ0) is 45.2. The number of nitrogens with zero attached hydrogens (tertiary/aromatic N) is 2. The number of rotatable bonds is 10. The fourth-order valence-electron chi connectivity index (χ4n) is 9.95. The lowest BCUT2D eigenvalue weighted by Crippen LogP contribution is -2.09. The Kier molecular flexibility index (Phi) is 10.6. The summed E-state index contributed by atoms with van der Waals surface area (Å²) in [6.07, 6.45) is 0. The van der Waals surface area contributed by atoms with E-state index in [2.05, 4.69) is 289 Å². The molecule has 0 saturated carbocycles. The Hall–Kier alpha value is -8.98. The second-order valence-electron chi connectivity index (χ2n) is 17.3. The van der Waals surface area contributed by atoms with Crippen molar-refractivity contribution >= 4 is 38.7 Å². The Morgan fingerprint density at radius 1 is 0.235 bits per heavy atom. The molecular formula is C66H46N2. The maximum absolute atomic E-state index is 2.50. The number of anilines is 3. The van der Waals surface area contributed by atoms with Crippen LogP contribution in [0.1, 0.15) is 0 Å². The molecule has 0 atom stereocenters. The molecule has 1 aromatic heterocycles. The molecule has 12 rings (SSSR count).